The van der Waals surface area contributed by atoms with Gasteiger partial charge in [0, 0.05) is 33.5 Å². The second-order valence-corrected chi connectivity index (χ2v) is 14.0. The zero-order chi connectivity index (χ0) is 33.3. The fraction of sp³-hybridized carbons (Fsp3) is 0.852. The molecule has 18 heteroatoms. The van der Waals surface area contributed by atoms with E-state index >= 15 is 0 Å². The molecule has 14 nitrogen and oxygen atoms in total. The number of ether oxygens (including phenoxy) is 6. The van der Waals surface area contributed by atoms with E-state index in [-0.39, 0.29) is 29.6 Å². The molecule has 45 heavy (non-hydrogen) atoms. The third-order valence-corrected chi connectivity index (χ3v) is 9.93. The summed E-state index contributed by atoms with van der Waals surface area (Å²) < 4.78 is 36.6. The summed E-state index contributed by atoms with van der Waals surface area (Å²) in [6.45, 7) is 1.42. The number of carboxylic acids is 4. The number of carboxylic acid groups (broad SMARTS) is 4. The number of hydrogen-bond acceptors (Lipinski definition) is 14. The predicted molar refractivity (Wildman–Crippen MR) is 174 cm³/mol. The molecule has 1 aliphatic heterocycles. The Balaban J connectivity index is 2.94. The van der Waals surface area contributed by atoms with Crippen LogP contribution in [0.15, 0.2) is 0 Å². The molecule has 1 fully saturated rings. The topological polar surface area (TPSA) is 205 Å². The second kappa shape index (κ2) is 27.0. The Labute approximate surface area is 280 Å². The molecule has 1 aliphatic rings. The summed E-state index contributed by atoms with van der Waals surface area (Å²) >= 11 is 5.17. The van der Waals surface area contributed by atoms with Gasteiger partial charge in [0.1, 0.15) is 24.4 Å². The number of carbonyl (C=O) groups is 4. The van der Waals surface area contributed by atoms with Crippen molar-refractivity contribution in [3.63, 3.8) is 0 Å². The van der Waals surface area contributed by atoms with Gasteiger partial charge in [-0.05, 0) is 48.7 Å². The Morgan fingerprint density at radius 1 is 0.578 bits per heavy atom. The van der Waals surface area contributed by atoms with Crippen molar-refractivity contribution < 1.29 is 68.0 Å². The Bertz CT molecular complexity index is 839. The number of rotatable bonds is 30. The molecular weight excluding hydrogens is 677 g/mol. The van der Waals surface area contributed by atoms with Gasteiger partial charge in [-0.15, -0.1) is 0 Å². The van der Waals surface area contributed by atoms with E-state index < -0.39 is 54.6 Å². The molecule has 4 N–H and O–H groups in total. The van der Waals surface area contributed by atoms with E-state index in [9.17, 15) is 19.2 Å². The molecule has 1 saturated heterocycles. The number of hydrogen-bond donors (Lipinski definition) is 4. The smallest absolute Gasteiger partial charge is 0.313 e. The minimum atomic E-state index is -0.887. The highest BCUT2D eigenvalue weighted by atomic mass is 32.2. The van der Waals surface area contributed by atoms with Gasteiger partial charge in [-0.2, -0.15) is 47.0 Å². The van der Waals surface area contributed by atoms with Gasteiger partial charge >= 0.3 is 23.9 Å². The molecule has 0 aliphatic carbocycles. The maximum Gasteiger partial charge on any atom is 0.313 e. The quantitative estimate of drug-likeness (QED) is 0.0786. The van der Waals surface area contributed by atoms with Gasteiger partial charge in [-0.3, -0.25) is 19.2 Å². The van der Waals surface area contributed by atoms with Crippen molar-refractivity contribution in [1.29, 1.82) is 0 Å². The highest BCUT2D eigenvalue weighted by molar-refractivity contribution is 8.00. The highest BCUT2D eigenvalue weighted by Crippen LogP contribution is 2.30. The first-order chi connectivity index (χ1) is 21.6. The second-order valence-electron chi connectivity index (χ2n) is 9.56. The molecule has 0 saturated carbocycles. The van der Waals surface area contributed by atoms with Crippen molar-refractivity contribution in [2.24, 2.45) is 0 Å². The summed E-state index contributed by atoms with van der Waals surface area (Å²) in [5.41, 5.74) is 0. The van der Waals surface area contributed by atoms with Crippen LogP contribution in [0.4, 0.5) is 0 Å². The van der Waals surface area contributed by atoms with Crippen LogP contribution in [0.2, 0.25) is 0 Å². The first-order valence-electron chi connectivity index (χ1n) is 14.4. The van der Waals surface area contributed by atoms with Gasteiger partial charge < -0.3 is 48.8 Å². The Morgan fingerprint density at radius 3 is 1.36 bits per heavy atom. The van der Waals surface area contributed by atoms with Crippen molar-refractivity contribution in [1.82, 2.24) is 0 Å². The normalized spacial score (nSPS) is 21.5. The monoisotopic (exact) mass is 722 g/mol. The van der Waals surface area contributed by atoms with Crippen LogP contribution in [0.25, 0.3) is 0 Å². The molecular formula is C27H46O14S4. The van der Waals surface area contributed by atoms with Crippen LogP contribution >= 0.6 is 47.0 Å². The van der Waals surface area contributed by atoms with Crippen LogP contribution in [0, 0.1) is 0 Å². The molecule has 5 atom stereocenters. The predicted octanol–water partition coefficient (Wildman–Crippen LogP) is 2.36. The first kappa shape index (κ1) is 42.1. The Hall–Kier alpha value is -0.960. The van der Waals surface area contributed by atoms with E-state index in [1.54, 1.807) is 0 Å². The van der Waals surface area contributed by atoms with Crippen molar-refractivity contribution in [2.45, 2.75) is 56.4 Å². The van der Waals surface area contributed by atoms with Crippen LogP contribution in [-0.2, 0) is 47.6 Å². The highest BCUT2D eigenvalue weighted by Gasteiger charge is 2.48. The van der Waals surface area contributed by atoms with E-state index in [2.05, 4.69) is 0 Å². The zero-order valence-corrected chi connectivity index (χ0v) is 28.7. The third kappa shape index (κ3) is 21.5. The van der Waals surface area contributed by atoms with Crippen molar-refractivity contribution in [3.05, 3.63) is 0 Å². The van der Waals surface area contributed by atoms with Gasteiger partial charge in [0.15, 0.2) is 6.29 Å². The average Bonchev–Trinajstić information content (AvgIpc) is 2.98. The lowest BCUT2D eigenvalue weighted by Gasteiger charge is -2.45. The van der Waals surface area contributed by atoms with E-state index in [1.165, 1.54) is 54.2 Å². The molecule has 0 amide bonds. The summed E-state index contributed by atoms with van der Waals surface area (Å²) in [4.78, 5) is 43.2. The molecule has 0 radical (unpaired) electrons. The SMILES string of the molecule is CO[C@H]1O[C@H](COCCCSCC(=O)O)[C@@H](OCCCSCC(=O)O)[C@@H](OCCCSCC(=O)O)[C@H]1OCCCSCC(=O)O. The molecule has 262 valence electrons. The van der Waals surface area contributed by atoms with Gasteiger partial charge in [-0.25, -0.2) is 0 Å². The van der Waals surface area contributed by atoms with Crippen LogP contribution in [0.3, 0.4) is 0 Å². The molecule has 0 unspecified atom stereocenters. The molecule has 0 bridgehead atoms. The van der Waals surface area contributed by atoms with Crippen LogP contribution in [-0.4, -0.2) is 161 Å². The Kier molecular flexibility index (Phi) is 25.3. The van der Waals surface area contributed by atoms with Crippen molar-refractivity contribution >= 4 is 70.9 Å². The number of aliphatic carboxylic acids is 4. The minimum Gasteiger partial charge on any atom is -0.481 e. The molecule has 0 aromatic rings. The first-order valence-corrected chi connectivity index (χ1v) is 19.1. The van der Waals surface area contributed by atoms with Gasteiger partial charge in [-0.1, -0.05) is 0 Å². The van der Waals surface area contributed by atoms with Gasteiger partial charge in [0.05, 0.1) is 29.6 Å². The fourth-order valence-electron chi connectivity index (χ4n) is 4.01. The number of thioether (sulfide) groups is 4. The molecule has 0 aromatic heterocycles. The van der Waals surface area contributed by atoms with Crippen LogP contribution in [0.1, 0.15) is 25.7 Å². The zero-order valence-electron chi connectivity index (χ0n) is 25.4. The van der Waals surface area contributed by atoms with Gasteiger partial charge in [0.25, 0.3) is 0 Å². The lowest BCUT2D eigenvalue weighted by Crippen LogP contribution is -2.62. The largest absolute Gasteiger partial charge is 0.481 e. The molecule has 0 aromatic carbocycles. The maximum absolute atomic E-state index is 10.8. The van der Waals surface area contributed by atoms with Crippen LogP contribution in [0.5, 0.6) is 0 Å². The van der Waals surface area contributed by atoms with Crippen molar-refractivity contribution in [2.75, 3.05) is 86.2 Å². The molecule has 1 heterocycles. The average molecular weight is 723 g/mol. The maximum atomic E-state index is 10.8. The van der Waals surface area contributed by atoms with Crippen LogP contribution < -0.4 is 0 Å². The van der Waals surface area contributed by atoms with E-state index in [1.807, 2.05) is 0 Å². The van der Waals surface area contributed by atoms with E-state index in [0.717, 1.165) is 0 Å². The lowest BCUT2D eigenvalue weighted by molar-refractivity contribution is -0.318. The summed E-state index contributed by atoms with van der Waals surface area (Å²) in [5.74, 6) is -1.15. The van der Waals surface area contributed by atoms with Gasteiger partial charge in [0.2, 0.25) is 0 Å². The third-order valence-electron chi connectivity index (χ3n) is 5.82. The minimum absolute atomic E-state index is 0.000542. The summed E-state index contributed by atoms with van der Waals surface area (Å²) in [6.07, 6.45) is -1.01. The fourth-order valence-corrected chi connectivity index (χ4v) is 6.57. The summed E-state index contributed by atoms with van der Waals surface area (Å²) in [5, 5.41) is 35.5. The molecule has 1 rings (SSSR count). The number of methoxy groups -OCH3 is 1. The summed E-state index contributed by atoms with van der Waals surface area (Å²) in [7, 11) is 1.49. The standard InChI is InChI=1S/C27H46O14S4/c1-36-27-26(40-9-5-13-45-18-23(34)35)25(39-8-4-12-44-17-22(32)33)24(38-7-3-11-43-16-21(30)31)19(41-27)14-37-6-2-10-42-15-20(28)29/h19,24-27H,2-18H2,1H3,(H,28,29)(H,30,31)(H,32,33)(H,34,35)/t19-,24-,25-,26-,27+/m1/s1. The molecule has 0 spiro atoms. The van der Waals surface area contributed by atoms with Crippen molar-refractivity contribution in [3.8, 4) is 0 Å². The Morgan fingerprint density at radius 2 is 0.956 bits per heavy atom. The lowest BCUT2D eigenvalue weighted by atomic mass is 9.98. The van der Waals surface area contributed by atoms with E-state index in [0.29, 0.717) is 75.1 Å². The van der Waals surface area contributed by atoms with E-state index in [4.69, 9.17) is 48.8 Å². The summed E-state index contributed by atoms with van der Waals surface area (Å²) in [6, 6.07) is 0.